The van der Waals surface area contributed by atoms with Gasteiger partial charge in [0.2, 0.25) is 5.91 Å². The molecule has 0 radical (unpaired) electrons. The Bertz CT molecular complexity index is 756. The first-order valence-electron chi connectivity index (χ1n) is 8.92. The Morgan fingerprint density at radius 3 is 2.48 bits per heavy atom. The highest BCUT2D eigenvalue weighted by atomic mass is 32.2. The molecule has 1 aromatic rings. The number of aromatic carboxylic acids is 1. The van der Waals surface area contributed by atoms with Crippen molar-refractivity contribution in [3.05, 3.63) is 41.6 Å². The van der Waals surface area contributed by atoms with Gasteiger partial charge in [-0.05, 0) is 49.0 Å². The van der Waals surface area contributed by atoms with Gasteiger partial charge in [0, 0.05) is 10.8 Å². The first-order chi connectivity index (χ1) is 12.7. The summed E-state index contributed by atoms with van der Waals surface area (Å²) in [6, 6.07) is 6.87. The van der Waals surface area contributed by atoms with Gasteiger partial charge in [0.1, 0.15) is 5.70 Å². The van der Waals surface area contributed by atoms with Crippen LogP contribution < -0.4 is 5.32 Å². The largest absolute Gasteiger partial charge is 0.478 e. The lowest BCUT2D eigenvalue weighted by molar-refractivity contribution is -0.135. The van der Waals surface area contributed by atoms with Crippen LogP contribution in [0.2, 0.25) is 0 Å². The molecule has 0 bridgehead atoms. The molecule has 1 aromatic carbocycles. The normalized spacial score (nSPS) is 18.0. The number of carboxylic acids is 2. The Morgan fingerprint density at radius 1 is 1.22 bits per heavy atom. The summed E-state index contributed by atoms with van der Waals surface area (Å²) in [5.41, 5.74) is 0.185. The second kappa shape index (κ2) is 9.08. The zero-order valence-electron chi connectivity index (χ0n) is 15.5. The van der Waals surface area contributed by atoms with Crippen LogP contribution in [0.15, 0.2) is 40.9 Å². The van der Waals surface area contributed by atoms with E-state index < -0.39 is 11.9 Å². The quantitative estimate of drug-likeness (QED) is 0.319. The Morgan fingerprint density at radius 2 is 1.89 bits per heavy atom. The maximum atomic E-state index is 12.0. The summed E-state index contributed by atoms with van der Waals surface area (Å²) in [5.74, 6) is -1.68. The second-order valence-electron chi connectivity index (χ2n) is 7.30. The third-order valence-electron chi connectivity index (χ3n) is 4.64. The molecule has 0 saturated heterocycles. The lowest BCUT2D eigenvalue weighted by Gasteiger charge is -2.08. The fourth-order valence-electron chi connectivity index (χ4n) is 2.77. The van der Waals surface area contributed by atoms with E-state index in [-0.39, 0.29) is 22.9 Å². The van der Waals surface area contributed by atoms with Crippen LogP contribution in [-0.2, 0) is 9.59 Å². The standard InChI is InChI=1S/C20H25NO5S/c1-20(2)12-14(20)17(22)21-15(19(25)26)9-4-3-7-11-27-16-10-6-5-8-13(16)18(23)24/h5-6,8-10,14H,3-4,7,11-12H2,1-2H3,(H,21,22)(H,23,24)(H,25,26)/b15-9-. The van der Waals surface area contributed by atoms with Crippen molar-refractivity contribution < 1.29 is 24.6 Å². The number of rotatable bonds is 10. The van der Waals surface area contributed by atoms with Crippen molar-refractivity contribution in [1.82, 2.24) is 5.32 Å². The highest BCUT2D eigenvalue weighted by molar-refractivity contribution is 7.99. The van der Waals surface area contributed by atoms with Gasteiger partial charge in [-0.15, -0.1) is 11.8 Å². The summed E-state index contributed by atoms with van der Waals surface area (Å²) >= 11 is 1.48. The molecule has 1 aliphatic rings. The predicted octanol–water partition coefficient (Wildman–Crippen LogP) is 3.78. The zero-order chi connectivity index (χ0) is 20.0. The SMILES string of the molecule is CC1(C)CC1C(=O)N/C(=C\CCCCSc1ccccc1C(=O)O)C(=O)O. The van der Waals surface area contributed by atoms with Crippen molar-refractivity contribution >= 4 is 29.6 Å². The molecule has 2 rings (SSSR count). The van der Waals surface area contributed by atoms with Gasteiger partial charge in [0.25, 0.3) is 0 Å². The second-order valence-corrected chi connectivity index (χ2v) is 8.44. The van der Waals surface area contributed by atoms with Crippen LogP contribution >= 0.6 is 11.8 Å². The third-order valence-corrected chi connectivity index (χ3v) is 5.80. The molecule has 146 valence electrons. The van der Waals surface area contributed by atoms with Crippen LogP contribution in [0.5, 0.6) is 0 Å². The third kappa shape index (κ3) is 6.13. The molecule has 1 fully saturated rings. The smallest absolute Gasteiger partial charge is 0.352 e. The maximum Gasteiger partial charge on any atom is 0.352 e. The van der Waals surface area contributed by atoms with E-state index in [1.165, 1.54) is 11.8 Å². The number of aliphatic carboxylic acids is 1. The number of amides is 1. The molecular formula is C20H25NO5S. The molecule has 1 saturated carbocycles. The first-order valence-corrected chi connectivity index (χ1v) is 9.90. The van der Waals surface area contributed by atoms with Crippen molar-refractivity contribution in [1.29, 1.82) is 0 Å². The zero-order valence-corrected chi connectivity index (χ0v) is 16.3. The molecular weight excluding hydrogens is 366 g/mol. The van der Waals surface area contributed by atoms with Gasteiger partial charge < -0.3 is 15.5 Å². The number of unbranched alkanes of at least 4 members (excludes halogenated alkanes) is 2. The molecule has 0 aliphatic heterocycles. The summed E-state index contributed by atoms with van der Waals surface area (Å²) in [6.07, 6.45) is 4.43. The fourth-order valence-corrected chi connectivity index (χ4v) is 3.82. The predicted molar refractivity (Wildman–Crippen MR) is 104 cm³/mol. The number of carbonyl (C=O) groups is 3. The van der Waals surface area contributed by atoms with Gasteiger partial charge >= 0.3 is 11.9 Å². The number of benzene rings is 1. The summed E-state index contributed by atoms with van der Waals surface area (Å²) in [6.45, 7) is 3.98. The molecule has 3 N–H and O–H groups in total. The molecule has 1 atom stereocenters. The van der Waals surface area contributed by atoms with Crippen LogP contribution in [0.4, 0.5) is 0 Å². The molecule has 1 amide bonds. The average Bonchev–Trinajstić information content (AvgIpc) is 3.25. The highest BCUT2D eigenvalue weighted by Gasteiger charge is 2.50. The molecule has 1 unspecified atom stereocenters. The van der Waals surface area contributed by atoms with Crippen LogP contribution in [0, 0.1) is 11.3 Å². The van der Waals surface area contributed by atoms with E-state index in [0.717, 1.165) is 29.9 Å². The molecule has 7 heteroatoms. The molecule has 0 spiro atoms. The summed E-state index contributed by atoms with van der Waals surface area (Å²) < 4.78 is 0. The summed E-state index contributed by atoms with van der Waals surface area (Å²) in [7, 11) is 0. The van der Waals surface area contributed by atoms with Gasteiger partial charge in [0.05, 0.1) is 5.56 Å². The van der Waals surface area contributed by atoms with E-state index in [1.54, 1.807) is 30.3 Å². The van der Waals surface area contributed by atoms with Crippen molar-refractivity contribution in [3.8, 4) is 0 Å². The maximum absolute atomic E-state index is 12.0. The highest BCUT2D eigenvalue weighted by Crippen LogP contribution is 2.51. The molecule has 27 heavy (non-hydrogen) atoms. The van der Waals surface area contributed by atoms with E-state index in [1.807, 2.05) is 13.8 Å². The number of allylic oxidation sites excluding steroid dienone is 1. The monoisotopic (exact) mass is 391 g/mol. The van der Waals surface area contributed by atoms with Gasteiger partial charge in [0.15, 0.2) is 0 Å². The fraction of sp³-hybridized carbons (Fsp3) is 0.450. The number of carbonyl (C=O) groups excluding carboxylic acids is 1. The molecule has 0 heterocycles. The number of carboxylic acid groups (broad SMARTS) is 2. The van der Waals surface area contributed by atoms with Gasteiger partial charge in [-0.25, -0.2) is 9.59 Å². The Labute approximate surface area is 163 Å². The van der Waals surface area contributed by atoms with Crippen LogP contribution in [0.1, 0.15) is 49.9 Å². The summed E-state index contributed by atoms with van der Waals surface area (Å²) in [4.78, 5) is 35.2. The van der Waals surface area contributed by atoms with Crippen molar-refractivity contribution in [2.75, 3.05) is 5.75 Å². The Balaban J connectivity index is 1.76. The lowest BCUT2D eigenvalue weighted by Crippen LogP contribution is -2.29. The van der Waals surface area contributed by atoms with E-state index in [0.29, 0.717) is 12.0 Å². The minimum absolute atomic E-state index is 0.0445. The average molecular weight is 391 g/mol. The van der Waals surface area contributed by atoms with Gasteiger partial charge in [-0.1, -0.05) is 32.1 Å². The van der Waals surface area contributed by atoms with E-state index in [4.69, 9.17) is 5.11 Å². The Kier molecular flexibility index (Phi) is 7.07. The van der Waals surface area contributed by atoms with Gasteiger partial charge in [-0.2, -0.15) is 0 Å². The lowest BCUT2D eigenvalue weighted by atomic mass is 10.1. The number of nitrogens with one attached hydrogen (secondary N) is 1. The topological polar surface area (TPSA) is 104 Å². The molecule has 6 nitrogen and oxygen atoms in total. The minimum Gasteiger partial charge on any atom is -0.478 e. The molecule has 1 aliphatic carbocycles. The Hall–Kier alpha value is -2.28. The van der Waals surface area contributed by atoms with Crippen molar-refractivity contribution in [2.24, 2.45) is 11.3 Å². The van der Waals surface area contributed by atoms with Crippen LogP contribution in [0.25, 0.3) is 0 Å². The van der Waals surface area contributed by atoms with E-state index in [2.05, 4.69) is 5.32 Å². The van der Waals surface area contributed by atoms with Crippen molar-refractivity contribution in [2.45, 2.75) is 44.4 Å². The number of hydrogen-bond acceptors (Lipinski definition) is 4. The summed E-state index contributed by atoms with van der Waals surface area (Å²) in [5, 5.41) is 20.9. The number of hydrogen-bond donors (Lipinski definition) is 3. The minimum atomic E-state index is -1.13. The van der Waals surface area contributed by atoms with Crippen LogP contribution in [-0.4, -0.2) is 33.8 Å². The van der Waals surface area contributed by atoms with Crippen molar-refractivity contribution in [3.63, 3.8) is 0 Å². The van der Waals surface area contributed by atoms with Gasteiger partial charge in [-0.3, -0.25) is 4.79 Å². The van der Waals surface area contributed by atoms with E-state index >= 15 is 0 Å². The van der Waals surface area contributed by atoms with E-state index in [9.17, 15) is 19.5 Å². The first kappa shape index (κ1) is 21.0. The molecule has 0 aromatic heterocycles. The van der Waals surface area contributed by atoms with Crippen LogP contribution in [0.3, 0.4) is 0 Å². The number of thioether (sulfide) groups is 1.